The second kappa shape index (κ2) is 5.48. The minimum Gasteiger partial charge on any atom is -0.367 e. The number of rotatable bonds is 5. The molecule has 1 saturated carbocycles. The summed E-state index contributed by atoms with van der Waals surface area (Å²) in [7, 11) is 2.03. The van der Waals surface area contributed by atoms with E-state index >= 15 is 0 Å². The molecule has 7 nitrogen and oxygen atoms in total. The molecule has 2 aromatic heterocycles. The molecular weight excluding hydrogens is 282 g/mol. The Morgan fingerprint density at radius 3 is 2.95 bits per heavy atom. The topological polar surface area (TPSA) is 78.0 Å². The normalized spacial score (nSPS) is 25.0. The molecule has 0 radical (unpaired) electrons. The maximum atomic E-state index is 5.77. The Hall–Kier alpha value is -1.73. The average molecular weight is 303 g/mol. The number of hydrogen-bond acceptors (Lipinski definition) is 6. The summed E-state index contributed by atoms with van der Waals surface area (Å²) in [6, 6.07) is 0.201. The maximum Gasteiger partial charge on any atom is 0.257 e. The van der Waals surface area contributed by atoms with Gasteiger partial charge in [0.1, 0.15) is 0 Å². The number of aryl methyl sites for hydroxylation is 2. The molecule has 0 amide bonds. The van der Waals surface area contributed by atoms with E-state index in [2.05, 4.69) is 20.6 Å². The molecule has 1 saturated heterocycles. The zero-order valence-electron chi connectivity index (χ0n) is 13.0. The lowest BCUT2D eigenvalue weighted by molar-refractivity contribution is 0.0705. The summed E-state index contributed by atoms with van der Waals surface area (Å²) in [5.41, 5.74) is 2.66. The van der Waals surface area contributed by atoms with Gasteiger partial charge in [0.2, 0.25) is 0 Å². The molecular formula is C15H21N5O2. The van der Waals surface area contributed by atoms with Crippen LogP contribution in [0.1, 0.15) is 54.3 Å². The molecule has 0 aromatic carbocycles. The number of hydrogen-bond donors (Lipinski definition) is 1. The van der Waals surface area contributed by atoms with Crippen LogP contribution in [0.2, 0.25) is 0 Å². The van der Waals surface area contributed by atoms with Crippen LogP contribution in [0.4, 0.5) is 0 Å². The molecule has 0 bridgehead atoms. The van der Waals surface area contributed by atoms with E-state index in [-0.39, 0.29) is 12.1 Å². The van der Waals surface area contributed by atoms with E-state index in [9.17, 15) is 0 Å². The highest BCUT2D eigenvalue weighted by molar-refractivity contribution is 5.25. The lowest BCUT2D eigenvalue weighted by atomic mass is 10.1. The summed E-state index contributed by atoms with van der Waals surface area (Å²) < 4.78 is 13.0. The van der Waals surface area contributed by atoms with Gasteiger partial charge in [-0.3, -0.25) is 4.68 Å². The molecule has 1 N–H and O–H groups in total. The van der Waals surface area contributed by atoms with Gasteiger partial charge in [0.15, 0.2) is 11.9 Å². The van der Waals surface area contributed by atoms with Crippen LogP contribution in [-0.4, -0.2) is 32.6 Å². The standard InChI is InChI=1S/C15H21N5O2/c1-9-18-15(22-19-9)14-12(5-6-21-14)16-7-11-8-17-20(2)13(11)10-3-4-10/h8,10,12,14,16H,3-7H2,1-2H3/t12-,14+/m0/s1. The molecule has 1 aliphatic heterocycles. The fourth-order valence-electron chi connectivity index (χ4n) is 3.22. The first-order valence-corrected chi connectivity index (χ1v) is 7.88. The molecule has 2 atom stereocenters. The largest absolute Gasteiger partial charge is 0.367 e. The Labute approximate surface area is 129 Å². The molecule has 4 rings (SSSR count). The Morgan fingerprint density at radius 2 is 2.23 bits per heavy atom. The molecule has 118 valence electrons. The van der Waals surface area contributed by atoms with E-state index in [0.29, 0.717) is 24.2 Å². The molecule has 2 fully saturated rings. The van der Waals surface area contributed by atoms with Gasteiger partial charge >= 0.3 is 0 Å². The van der Waals surface area contributed by atoms with Crippen LogP contribution < -0.4 is 5.32 Å². The minimum absolute atomic E-state index is 0.151. The summed E-state index contributed by atoms with van der Waals surface area (Å²) >= 11 is 0. The maximum absolute atomic E-state index is 5.77. The number of nitrogens with zero attached hydrogens (tertiary/aromatic N) is 4. The van der Waals surface area contributed by atoms with E-state index in [1.165, 1.54) is 24.1 Å². The molecule has 2 aliphatic rings. The van der Waals surface area contributed by atoms with Crippen LogP contribution in [-0.2, 0) is 18.3 Å². The summed E-state index contributed by atoms with van der Waals surface area (Å²) in [5.74, 6) is 1.91. The first kappa shape index (κ1) is 13.9. The van der Waals surface area contributed by atoms with Gasteiger partial charge in [0.05, 0.1) is 6.20 Å². The molecule has 2 aromatic rings. The lowest BCUT2D eigenvalue weighted by Gasteiger charge is -2.17. The van der Waals surface area contributed by atoms with Crippen LogP contribution in [0.3, 0.4) is 0 Å². The molecule has 7 heteroatoms. The minimum atomic E-state index is -0.151. The Balaban J connectivity index is 1.45. The summed E-state index contributed by atoms with van der Waals surface area (Å²) in [6.45, 7) is 3.34. The molecule has 0 unspecified atom stereocenters. The predicted molar refractivity (Wildman–Crippen MR) is 78.2 cm³/mol. The fourth-order valence-corrected chi connectivity index (χ4v) is 3.22. The van der Waals surface area contributed by atoms with Gasteiger partial charge < -0.3 is 14.6 Å². The third-order valence-corrected chi connectivity index (χ3v) is 4.46. The van der Waals surface area contributed by atoms with Crippen molar-refractivity contribution < 1.29 is 9.26 Å². The van der Waals surface area contributed by atoms with Crippen molar-refractivity contribution in [1.82, 2.24) is 25.2 Å². The van der Waals surface area contributed by atoms with Gasteiger partial charge in [0.25, 0.3) is 5.89 Å². The Bertz CT molecular complexity index is 661. The van der Waals surface area contributed by atoms with Gasteiger partial charge in [-0.25, -0.2) is 0 Å². The highest BCUT2D eigenvalue weighted by Crippen LogP contribution is 2.41. The fraction of sp³-hybridized carbons (Fsp3) is 0.667. The summed E-state index contributed by atoms with van der Waals surface area (Å²) in [5, 5.41) is 11.8. The third kappa shape index (κ3) is 2.55. The van der Waals surface area contributed by atoms with Gasteiger partial charge in [-0.1, -0.05) is 5.16 Å². The molecule has 22 heavy (non-hydrogen) atoms. The van der Waals surface area contributed by atoms with Crippen LogP contribution in [0.15, 0.2) is 10.7 Å². The second-order valence-electron chi connectivity index (χ2n) is 6.20. The van der Waals surface area contributed by atoms with Crippen LogP contribution in [0.25, 0.3) is 0 Å². The van der Waals surface area contributed by atoms with Gasteiger partial charge in [0, 0.05) is 43.4 Å². The van der Waals surface area contributed by atoms with Crippen LogP contribution in [0, 0.1) is 6.92 Å². The van der Waals surface area contributed by atoms with Gasteiger partial charge in [-0.15, -0.1) is 0 Å². The first-order chi connectivity index (χ1) is 10.7. The SMILES string of the molecule is Cc1noc([C@@H]2OCC[C@@H]2NCc2cnn(C)c2C2CC2)n1. The summed E-state index contributed by atoms with van der Waals surface area (Å²) in [6.07, 6.45) is 5.33. The van der Waals surface area contributed by atoms with Crippen molar-refractivity contribution in [3.8, 4) is 0 Å². The Morgan fingerprint density at radius 1 is 1.36 bits per heavy atom. The quantitative estimate of drug-likeness (QED) is 0.904. The van der Waals surface area contributed by atoms with Crippen molar-refractivity contribution in [3.63, 3.8) is 0 Å². The van der Waals surface area contributed by atoms with Crippen molar-refractivity contribution >= 4 is 0 Å². The van der Waals surface area contributed by atoms with Crippen LogP contribution >= 0.6 is 0 Å². The number of ether oxygens (including phenoxy) is 1. The van der Waals surface area contributed by atoms with E-state index in [1.54, 1.807) is 0 Å². The van der Waals surface area contributed by atoms with Crippen molar-refractivity contribution in [2.75, 3.05) is 6.61 Å². The van der Waals surface area contributed by atoms with E-state index in [4.69, 9.17) is 9.26 Å². The number of nitrogens with one attached hydrogen (secondary N) is 1. The summed E-state index contributed by atoms with van der Waals surface area (Å²) in [4.78, 5) is 4.30. The van der Waals surface area contributed by atoms with Crippen molar-refractivity contribution in [1.29, 1.82) is 0 Å². The van der Waals surface area contributed by atoms with Crippen molar-refractivity contribution in [3.05, 3.63) is 29.2 Å². The lowest BCUT2D eigenvalue weighted by Crippen LogP contribution is -2.31. The highest BCUT2D eigenvalue weighted by atomic mass is 16.5. The average Bonchev–Trinajstić information content (AvgIpc) is 2.92. The second-order valence-corrected chi connectivity index (χ2v) is 6.20. The molecule has 0 spiro atoms. The smallest absolute Gasteiger partial charge is 0.257 e. The molecule has 3 heterocycles. The third-order valence-electron chi connectivity index (χ3n) is 4.46. The van der Waals surface area contributed by atoms with E-state index < -0.39 is 0 Å². The number of aromatic nitrogens is 4. The predicted octanol–water partition coefficient (Wildman–Crippen LogP) is 1.61. The zero-order valence-corrected chi connectivity index (χ0v) is 13.0. The van der Waals surface area contributed by atoms with Crippen LogP contribution in [0.5, 0.6) is 0 Å². The zero-order chi connectivity index (χ0) is 15.1. The van der Waals surface area contributed by atoms with Crippen molar-refractivity contribution in [2.24, 2.45) is 7.05 Å². The van der Waals surface area contributed by atoms with Gasteiger partial charge in [-0.05, 0) is 26.2 Å². The van der Waals surface area contributed by atoms with Crippen molar-refractivity contribution in [2.45, 2.75) is 50.8 Å². The monoisotopic (exact) mass is 303 g/mol. The first-order valence-electron chi connectivity index (χ1n) is 7.88. The Kier molecular flexibility index (Phi) is 3.46. The van der Waals surface area contributed by atoms with E-state index in [1.807, 2.05) is 24.9 Å². The van der Waals surface area contributed by atoms with E-state index in [0.717, 1.165) is 13.0 Å². The highest BCUT2D eigenvalue weighted by Gasteiger charge is 2.34. The van der Waals surface area contributed by atoms with Gasteiger partial charge in [-0.2, -0.15) is 10.1 Å². The molecule has 1 aliphatic carbocycles.